The molecule has 0 bridgehead atoms. The molecule has 1 aromatic heterocycles. The third-order valence-corrected chi connectivity index (χ3v) is 8.00. The summed E-state index contributed by atoms with van der Waals surface area (Å²) in [5.74, 6) is 1.25. The van der Waals surface area contributed by atoms with Crippen LogP contribution in [0.1, 0.15) is 31.0 Å². The maximum atomic E-state index is 10.6. The van der Waals surface area contributed by atoms with Gasteiger partial charge in [-0.2, -0.15) is 0 Å². The standard InChI is InChI=1S/C27H42N8O.H2N.W/c1-4-23-26(35-13-9-28-10-14-35)31-25(27(36)30-23)29-21-5-6-24(20(2)19-21)34-11-7-22(8-12-34)33-17-15-32(3)16-18-33;;/h5-6,19,22,28H,4,7-18H2,1-3H3,(H,29,31)(H,30,36);1H2;/q;-1;. The van der Waals surface area contributed by atoms with E-state index in [2.05, 4.69) is 74.3 Å². The van der Waals surface area contributed by atoms with Gasteiger partial charge in [0.25, 0.3) is 5.88 Å². The molecular formula is C27H44N9OW-. The van der Waals surface area contributed by atoms with Crippen molar-refractivity contribution in [3.63, 3.8) is 0 Å². The monoisotopic (exact) mass is 694 g/mol. The van der Waals surface area contributed by atoms with Gasteiger partial charge in [-0.3, -0.25) is 4.90 Å². The Bertz CT molecular complexity index is 1030. The molecule has 0 aliphatic carbocycles. The van der Waals surface area contributed by atoms with Crippen LogP contribution in [0.3, 0.4) is 0 Å². The van der Waals surface area contributed by atoms with Crippen LogP contribution in [0.15, 0.2) is 18.2 Å². The van der Waals surface area contributed by atoms with Crippen molar-refractivity contribution in [1.29, 1.82) is 0 Å². The van der Waals surface area contributed by atoms with Gasteiger partial charge in [-0.1, -0.05) is 6.92 Å². The maximum Gasteiger partial charge on any atom is 0.255 e. The van der Waals surface area contributed by atoms with Crippen LogP contribution in [-0.2, 0) is 27.5 Å². The van der Waals surface area contributed by atoms with E-state index in [-0.39, 0.29) is 33.1 Å². The Morgan fingerprint density at radius 1 is 0.974 bits per heavy atom. The molecule has 3 aliphatic rings. The smallest absolute Gasteiger partial charge is 0.255 e. The first-order chi connectivity index (χ1) is 17.5. The largest absolute Gasteiger partial charge is 0.693 e. The zero-order valence-electron chi connectivity index (χ0n) is 23.1. The molecule has 3 saturated heterocycles. The van der Waals surface area contributed by atoms with Gasteiger partial charge in [0.1, 0.15) is 0 Å². The Hall–Kier alpha value is -1.97. The van der Waals surface area contributed by atoms with Gasteiger partial charge in [0.05, 0.1) is 5.69 Å². The van der Waals surface area contributed by atoms with Crippen molar-refractivity contribution >= 4 is 23.0 Å². The molecule has 0 amide bonds. The average Bonchev–Trinajstić information content (AvgIpc) is 2.91. The molecule has 0 radical (unpaired) electrons. The van der Waals surface area contributed by atoms with Crippen LogP contribution >= 0.6 is 0 Å². The van der Waals surface area contributed by atoms with Crippen molar-refractivity contribution in [1.82, 2.24) is 25.1 Å². The number of anilines is 4. The van der Waals surface area contributed by atoms with Gasteiger partial charge >= 0.3 is 0 Å². The molecule has 0 atom stereocenters. The van der Waals surface area contributed by atoms with Crippen LogP contribution in [0.4, 0.5) is 23.0 Å². The Morgan fingerprint density at radius 3 is 2.29 bits per heavy atom. The maximum absolute atomic E-state index is 10.6. The number of nitrogens with two attached hydrogens (primary N) is 1. The summed E-state index contributed by atoms with van der Waals surface area (Å²) in [4.78, 5) is 19.2. The number of likely N-dealkylation sites (N-methyl/N-ethyl adjacent to an activating group) is 1. The SMILES string of the molecule is CCc1nc(O)c(Nc2ccc(N3CCC(N4CCN(C)CC4)CC3)c(C)c2)nc1N1CCNCC1.[NH2-].[W]. The number of piperazine rings is 2. The Labute approximate surface area is 242 Å². The summed E-state index contributed by atoms with van der Waals surface area (Å²) in [6.45, 7) is 14.9. The fourth-order valence-electron chi connectivity index (χ4n) is 5.79. The summed E-state index contributed by atoms with van der Waals surface area (Å²) in [6.07, 6.45) is 3.19. The van der Waals surface area contributed by atoms with Crippen LogP contribution in [0.2, 0.25) is 0 Å². The Balaban J connectivity index is 0.00000200. The number of aromatic hydroxyl groups is 1. The molecule has 0 saturated carbocycles. The predicted molar refractivity (Wildman–Crippen MR) is 152 cm³/mol. The molecule has 5 rings (SSSR count). The van der Waals surface area contributed by atoms with Gasteiger partial charge in [0.2, 0.25) is 0 Å². The number of aromatic nitrogens is 2. The quantitative estimate of drug-likeness (QED) is 0.420. The normalized spacial score (nSPS) is 19.6. The first-order valence-electron chi connectivity index (χ1n) is 13.6. The number of aryl methyl sites for hydroxylation is 2. The van der Waals surface area contributed by atoms with E-state index in [1.54, 1.807) is 0 Å². The number of nitrogens with zero attached hydrogens (tertiary/aromatic N) is 6. The number of rotatable bonds is 6. The molecule has 3 fully saturated rings. The molecule has 2 aromatic rings. The van der Waals surface area contributed by atoms with E-state index in [4.69, 9.17) is 4.98 Å². The van der Waals surface area contributed by atoms with Crippen molar-refractivity contribution in [2.45, 2.75) is 39.2 Å². The third-order valence-electron chi connectivity index (χ3n) is 8.00. The molecule has 10 nitrogen and oxygen atoms in total. The van der Waals surface area contributed by atoms with Crippen molar-refractivity contribution in [3.05, 3.63) is 35.6 Å². The Morgan fingerprint density at radius 2 is 1.66 bits per heavy atom. The van der Waals surface area contributed by atoms with Crippen molar-refractivity contribution in [2.75, 3.05) is 87.6 Å². The van der Waals surface area contributed by atoms with Crippen LogP contribution in [0.25, 0.3) is 6.15 Å². The molecule has 1 aromatic carbocycles. The van der Waals surface area contributed by atoms with Gasteiger partial charge in [-0.05, 0) is 57.0 Å². The summed E-state index contributed by atoms with van der Waals surface area (Å²) in [7, 11) is 2.22. The zero-order valence-corrected chi connectivity index (χ0v) is 26.1. The van der Waals surface area contributed by atoms with Crippen LogP contribution in [-0.4, -0.2) is 103 Å². The first kappa shape index (κ1) is 30.6. The number of hydrogen-bond acceptors (Lipinski definition) is 9. The predicted octanol–water partition coefficient (Wildman–Crippen LogP) is 3.14. The number of benzene rings is 1. The molecule has 4 heterocycles. The summed E-state index contributed by atoms with van der Waals surface area (Å²) >= 11 is 0. The van der Waals surface area contributed by atoms with Gasteiger partial charge in [-0.25, -0.2) is 9.97 Å². The van der Waals surface area contributed by atoms with Crippen molar-refractivity contribution < 1.29 is 26.2 Å². The van der Waals surface area contributed by atoms with Crippen molar-refractivity contribution in [2.24, 2.45) is 0 Å². The molecule has 3 aliphatic heterocycles. The molecule has 38 heavy (non-hydrogen) atoms. The van der Waals surface area contributed by atoms with Crippen LogP contribution in [0.5, 0.6) is 5.88 Å². The molecule has 5 N–H and O–H groups in total. The second-order valence-corrected chi connectivity index (χ2v) is 10.4. The third kappa shape index (κ3) is 6.96. The van der Waals surface area contributed by atoms with E-state index >= 15 is 0 Å². The minimum absolute atomic E-state index is 0. The molecule has 0 unspecified atom stereocenters. The molecule has 210 valence electrons. The molecule has 11 heteroatoms. The fraction of sp³-hybridized carbons (Fsp3) is 0.630. The summed E-state index contributed by atoms with van der Waals surface area (Å²) in [6, 6.07) is 7.17. The van der Waals surface area contributed by atoms with Gasteiger partial charge in [0, 0.05) is 104 Å². The minimum Gasteiger partial charge on any atom is -0.693 e. The van der Waals surface area contributed by atoms with Crippen molar-refractivity contribution in [3.8, 4) is 5.88 Å². The summed E-state index contributed by atoms with van der Waals surface area (Å²) in [5, 5.41) is 17.3. The van der Waals surface area contributed by atoms with Gasteiger partial charge in [0.15, 0.2) is 11.6 Å². The first-order valence-corrected chi connectivity index (χ1v) is 13.6. The van der Waals surface area contributed by atoms with E-state index in [1.807, 2.05) is 0 Å². The topological polar surface area (TPSA) is 117 Å². The zero-order chi connectivity index (χ0) is 25.1. The van der Waals surface area contributed by atoms with E-state index < -0.39 is 0 Å². The van der Waals surface area contributed by atoms with Gasteiger partial charge in [-0.15, -0.1) is 0 Å². The fourth-order valence-corrected chi connectivity index (χ4v) is 5.79. The minimum atomic E-state index is -0.0431. The number of nitrogens with one attached hydrogen (secondary N) is 2. The Kier molecular flexibility index (Phi) is 11.2. The van der Waals surface area contributed by atoms with E-state index in [9.17, 15) is 5.11 Å². The second kappa shape index (κ2) is 13.9. The number of hydrogen-bond donors (Lipinski definition) is 3. The van der Waals surface area contributed by atoms with E-state index in [0.29, 0.717) is 11.9 Å². The summed E-state index contributed by atoms with van der Waals surface area (Å²) < 4.78 is 0. The number of piperidine rings is 1. The molecular weight excluding hydrogens is 650 g/mol. The second-order valence-electron chi connectivity index (χ2n) is 10.4. The van der Waals surface area contributed by atoms with E-state index in [0.717, 1.165) is 62.9 Å². The van der Waals surface area contributed by atoms with Crippen LogP contribution in [0, 0.1) is 6.92 Å². The van der Waals surface area contributed by atoms with E-state index in [1.165, 1.54) is 50.3 Å². The summed E-state index contributed by atoms with van der Waals surface area (Å²) in [5.41, 5.74) is 4.30. The van der Waals surface area contributed by atoms with Gasteiger partial charge < -0.3 is 36.6 Å². The van der Waals surface area contributed by atoms with Crippen LogP contribution < -0.4 is 20.4 Å². The molecule has 0 spiro atoms. The average molecular weight is 695 g/mol.